The van der Waals surface area contributed by atoms with E-state index in [0.29, 0.717) is 23.5 Å². The largest absolute Gasteiger partial charge is 0.489 e. The third-order valence-corrected chi connectivity index (χ3v) is 6.19. The van der Waals surface area contributed by atoms with Gasteiger partial charge in [0.2, 0.25) is 17.7 Å². The van der Waals surface area contributed by atoms with Crippen LogP contribution in [0, 0.1) is 5.92 Å². The molecule has 1 fully saturated rings. The van der Waals surface area contributed by atoms with Crippen LogP contribution in [0.2, 0.25) is 0 Å². The number of ether oxygens (including phenoxy) is 1. The van der Waals surface area contributed by atoms with Crippen molar-refractivity contribution < 1.29 is 19.1 Å². The Kier molecular flexibility index (Phi) is 7.77. The predicted molar refractivity (Wildman–Crippen MR) is 132 cm³/mol. The molecule has 0 saturated heterocycles. The quantitative estimate of drug-likeness (QED) is 0.419. The van der Waals surface area contributed by atoms with Crippen LogP contribution in [-0.4, -0.2) is 17.7 Å². The Bertz CT molecular complexity index is 1160. The van der Waals surface area contributed by atoms with Crippen molar-refractivity contribution in [2.24, 2.45) is 11.7 Å². The molecule has 0 aliphatic heterocycles. The lowest BCUT2D eigenvalue weighted by Crippen LogP contribution is -2.43. The molecular weight excluding hydrogens is 442 g/mol. The van der Waals surface area contributed by atoms with Crippen molar-refractivity contribution in [1.82, 2.24) is 10.6 Å². The monoisotopic (exact) mass is 471 g/mol. The van der Waals surface area contributed by atoms with Gasteiger partial charge in [0, 0.05) is 18.0 Å². The molecule has 7 nitrogen and oxygen atoms in total. The van der Waals surface area contributed by atoms with Crippen molar-refractivity contribution in [3.63, 3.8) is 0 Å². The highest BCUT2D eigenvalue weighted by Crippen LogP contribution is 2.28. The van der Waals surface area contributed by atoms with Crippen molar-refractivity contribution in [2.45, 2.75) is 38.5 Å². The van der Waals surface area contributed by atoms with Gasteiger partial charge in [-0.15, -0.1) is 0 Å². The second-order valence-electron chi connectivity index (χ2n) is 8.69. The Morgan fingerprint density at radius 2 is 1.57 bits per heavy atom. The standard InChI is InChI=1S/C28H29N3O4/c29-26(32)22-11-9-19(10-12-22)17-30-28(34)25(31-27(33)23-7-4-8-23)21-13-15-24(16-14-21)35-18-20-5-2-1-3-6-20/h1-3,5-6,9-16,23,25H,4,7-8,17-18H2,(H2,29,32)(H,30,34)(H,31,33)/t25-/m0/s1. The summed E-state index contributed by atoms with van der Waals surface area (Å²) in [4.78, 5) is 37.0. The lowest BCUT2D eigenvalue weighted by molar-refractivity contribution is -0.133. The van der Waals surface area contributed by atoms with E-state index in [9.17, 15) is 14.4 Å². The van der Waals surface area contributed by atoms with E-state index in [-0.39, 0.29) is 24.3 Å². The SMILES string of the molecule is NC(=O)c1ccc(CNC(=O)[C@@H](NC(=O)C2CCC2)c2ccc(OCc3ccccc3)cc2)cc1. The Balaban J connectivity index is 1.42. The van der Waals surface area contributed by atoms with E-state index in [1.54, 1.807) is 48.5 Å². The van der Waals surface area contributed by atoms with E-state index in [1.807, 2.05) is 30.3 Å². The fraction of sp³-hybridized carbons (Fsp3) is 0.250. The molecule has 3 amide bonds. The van der Waals surface area contributed by atoms with Gasteiger partial charge in [-0.2, -0.15) is 0 Å². The maximum atomic E-state index is 13.1. The van der Waals surface area contributed by atoms with Gasteiger partial charge in [-0.1, -0.05) is 61.0 Å². The van der Waals surface area contributed by atoms with Gasteiger partial charge in [0.15, 0.2) is 0 Å². The van der Waals surface area contributed by atoms with Crippen molar-refractivity contribution >= 4 is 17.7 Å². The van der Waals surface area contributed by atoms with Crippen LogP contribution >= 0.6 is 0 Å². The van der Waals surface area contributed by atoms with Crippen LogP contribution in [-0.2, 0) is 22.7 Å². The number of carbonyl (C=O) groups excluding carboxylic acids is 3. The van der Waals surface area contributed by atoms with E-state index in [4.69, 9.17) is 10.5 Å². The molecule has 7 heteroatoms. The number of amides is 3. The maximum Gasteiger partial charge on any atom is 0.248 e. The Labute approximate surface area is 204 Å². The molecule has 1 aliphatic rings. The Morgan fingerprint density at radius 3 is 2.17 bits per heavy atom. The number of hydrogen-bond acceptors (Lipinski definition) is 4. The van der Waals surface area contributed by atoms with E-state index in [2.05, 4.69) is 10.6 Å². The zero-order valence-electron chi connectivity index (χ0n) is 19.4. The highest BCUT2D eigenvalue weighted by molar-refractivity contribution is 5.92. The topological polar surface area (TPSA) is 111 Å². The van der Waals surface area contributed by atoms with Crippen LogP contribution < -0.4 is 21.1 Å². The smallest absolute Gasteiger partial charge is 0.248 e. The number of benzene rings is 3. The minimum atomic E-state index is -0.823. The second kappa shape index (κ2) is 11.3. The molecule has 180 valence electrons. The number of nitrogens with two attached hydrogens (primary N) is 1. The average molecular weight is 472 g/mol. The number of primary amides is 1. The van der Waals surface area contributed by atoms with E-state index in [1.165, 1.54) is 0 Å². The fourth-order valence-corrected chi connectivity index (χ4v) is 3.81. The third kappa shape index (κ3) is 6.47. The maximum absolute atomic E-state index is 13.1. The summed E-state index contributed by atoms with van der Waals surface area (Å²) in [6.45, 7) is 0.697. The van der Waals surface area contributed by atoms with Gasteiger partial charge >= 0.3 is 0 Å². The zero-order chi connectivity index (χ0) is 24.6. The molecule has 0 heterocycles. The summed E-state index contributed by atoms with van der Waals surface area (Å²) in [5, 5.41) is 5.81. The Hall–Kier alpha value is -4.13. The first kappa shape index (κ1) is 24.0. The van der Waals surface area contributed by atoms with Gasteiger partial charge in [0.05, 0.1) is 0 Å². The average Bonchev–Trinajstić information content (AvgIpc) is 2.85. The van der Waals surface area contributed by atoms with Crippen molar-refractivity contribution in [2.75, 3.05) is 0 Å². The molecule has 0 spiro atoms. The van der Waals surface area contributed by atoms with Gasteiger partial charge in [-0.3, -0.25) is 14.4 Å². The number of rotatable bonds is 10. The van der Waals surface area contributed by atoms with E-state index in [0.717, 1.165) is 30.4 Å². The molecule has 1 aliphatic carbocycles. The summed E-state index contributed by atoms with van der Waals surface area (Å²) >= 11 is 0. The summed E-state index contributed by atoms with van der Waals surface area (Å²) in [6, 6.07) is 23.0. The summed E-state index contributed by atoms with van der Waals surface area (Å²) in [7, 11) is 0. The van der Waals surface area contributed by atoms with Gasteiger partial charge in [0.25, 0.3) is 0 Å². The zero-order valence-corrected chi connectivity index (χ0v) is 19.4. The molecule has 0 bridgehead atoms. The lowest BCUT2D eigenvalue weighted by atomic mass is 9.84. The molecule has 0 aromatic heterocycles. The first-order valence-corrected chi connectivity index (χ1v) is 11.7. The molecule has 1 atom stereocenters. The molecule has 0 unspecified atom stereocenters. The van der Waals surface area contributed by atoms with Crippen LogP contribution in [0.4, 0.5) is 0 Å². The predicted octanol–water partition coefficient (Wildman–Crippen LogP) is 3.64. The van der Waals surface area contributed by atoms with Gasteiger partial charge in [-0.25, -0.2) is 0 Å². The molecule has 3 aromatic carbocycles. The number of carbonyl (C=O) groups is 3. The molecule has 1 saturated carbocycles. The van der Waals surface area contributed by atoms with Crippen LogP contribution in [0.15, 0.2) is 78.9 Å². The molecule has 0 radical (unpaired) electrons. The molecule has 4 N–H and O–H groups in total. The summed E-state index contributed by atoms with van der Waals surface area (Å²) < 4.78 is 5.84. The van der Waals surface area contributed by atoms with Crippen LogP contribution in [0.1, 0.15) is 52.4 Å². The molecule has 35 heavy (non-hydrogen) atoms. The van der Waals surface area contributed by atoms with E-state index < -0.39 is 11.9 Å². The Morgan fingerprint density at radius 1 is 0.886 bits per heavy atom. The summed E-state index contributed by atoms with van der Waals surface area (Å²) in [6.07, 6.45) is 2.72. The highest BCUT2D eigenvalue weighted by Gasteiger charge is 2.30. The molecular formula is C28H29N3O4. The van der Waals surface area contributed by atoms with Crippen LogP contribution in [0.3, 0.4) is 0 Å². The van der Waals surface area contributed by atoms with Gasteiger partial charge in [0.1, 0.15) is 18.4 Å². The minimum Gasteiger partial charge on any atom is -0.489 e. The fourth-order valence-electron chi connectivity index (χ4n) is 3.81. The first-order chi connectivity index (χ1) is 17.0. The number of nitrogens with one attached hydrogen (secondary N) is 2. The summed E-state index contributed by atoms with van der Waals surface area (Å²) in [5.41, 5.74) is 8.23. The van der Waals surface area contributed by atoms with Crippen molar-refractivity contribution in [3.8, 4) is 5.75 Å². The third-order valence-electron chi connectivity index (χ3n) is 6.19. The lowest BCUT2D eigenvalue weighted by Gasteiger charge is -2.27. The van der Waals surface area contributed by atoms with Crippen LogP contribution in [0.5, 0.6) is 5.75 Å². The molecule has 3 aromatic rings. The normalized spacial score (nSPS) is 13.8. The first-order valence-electron chi connectivity index (χ1n) is 11.7. The van der Waals surface area contributed by atoms with Gasteiger partial charge < -0.3 is 21.1 Å². The minimum absolute atomic E-state index is 0.0416. The van der Waals surface area contributed by atoms with Crippen LogP contribution in [0.25, 0.3) is 0 Å². The summed E-state index contributed by atoms with van der Waals surface area (Å²) in [5.74, 6) is -0.284. The second-order valence-corrected chi connectivity index (χ2v) is 8.69. The van der Waals surface area contributed by atoms with Crippen molar-refractivity contribution in [1.29, 1.82) is 0 Å². The van der Waals surface area contributed by atoms with E-state index >= 15 is 0 Å². The van der Waals surface area contributed by atoms with Crippen molar-refractivity contribution in [3.05, 3.63) is 101 Å². The molecule has 4 rings (SSSR count). The number of hydrogen-bond donors (Lipinski definition) is 3. The highest BCUT2D eigenvalue weighted by atomic mass is 16.5. The van der Waals surface area contributed by atoms with Gasteiger partial charge in [-0.05, 0) is 53.8 Å².